The summed E-state index contributed by atoms with van der Waals surface area (Å²) in [6.07, 6.45) is 11.3. The molecule has 0 aromatic carbocycles. The zero-order valence-corrected chi connectivity index (χ0v) is 18.2. The van der Waals surface area contributed by atoms with E-state index in [1.54, 1.807) is 0 Å². The lowest BCUT2D eigenvalue weighted by Gasteiger charge is -2.63. The van der Waals surface area contributed by atoms with E-state index in [0.29, 0.717) is 30.5 Å². The third-order valence-corrected chi connectivity index (χ3v) is 10.1. The van der Waals surface area contributed by atoms with Crippen LogP contribution in [0.15, 0.2) is 0 Å². The van der Waals surface area contributed by atoms with Crippen molar-refractivity contribution in [1.29, 1.82) is 0 Å². The lowest BCUT2D eigenvalue weighted by Crippen LogP contribution is -2.58. The molecular weight excluding hydrogens is 350 g/mol. The molecule has 4 nitrogen and oxygen atoms in total. The van der Waals surface area contributed by atoms with Crippen LogP contribution in [0.3, 0.4) is 0 Å². The Hall–Kier alpha value is -0.610. The second-order valence-electron chi connectivity index (χ2n) is 10.9. The van der Waals surface area contributed by atoms with Crippen molar-refractivity contribution in [2.75, 3.05) is 13.2 Å². The van der Waals surface area contributed by atoms with Crippen molar-refractivity contribution < 1.29 is 14.6 Å². The fraction of sp³-hybridized carbons (Fsp3) is 0.958. The van der Waals surface area contributed by atoms with Gasteiger partial charge in [0.2, 0.25) is 5.91 Å². The number of fused-ring (bicyclic) bond motifs is 5. The minimum Gasteiger partial charge on any atom is -0.387 e. The molecular formula is C24H41NO3. The second-order valence-corrected chi connectivity index (χ2v) is 10.9. The van der Waals surface area contributed by atoms with Gasteiger partial charge < -0.3 is 15.6 Å². The fourth-order valence-electron chi connectivity index (χ4n) is 8.73. The molecule has 0 spiro atoms. The quantitative estimate of drug-likeness (QED) is 0.734. The highest BCUT2D eigenvalue weighted by atomic mass is 16.5. The molecule has 8 atom stereocenters. The number of nitrogens with two attached hydrogens (primary N) is 1. The summed E-state index contributed by atoms with van der Waals surface area (Å²) >= 11 is 0. The molecule has 0 aromatic heterocycles. The number of ether oxygens (including phenoxy) is 1. The van der Waals surface area contributed by atoms with Crippen LogP contribution < -0.4 is 5.73 Å². The molecule has 4 rings (SSSR count). The predicted octanol–water partition coefficient (Wildman–Crippen LogP) is 4.29. The minimum absolute atomic E-state index is 0.0685. The summed E-state index contributed by atoms with van der Waals surface area (Å²) < 4.78 is 5.64. The standard InChI is InChI=1S/C24H41NO3/c1-4-24-13-12-23(27,15-28-5-2)14-16(24)6-7-17-18-8-9-20(21(25)26)22(18,3)11-10-19(17)24/h16-20,27H,4-15H2,1-3H3,(H2,25,26). The van der Waals surface area contributed by atoms with Gasteiger partial charge in [0.1, 0.15) is 0 Å². The topological polar surface area (TPSA) is 72.6 Å². The highest BCUT2D eigenvalue weighted by molar-refractivity contribution is 5.78. The van der Waals surface area contributed by atoms with E-state index in [1.165, 1.54) is 32.1 Å². The largest absolute Gasteiger partial charge is 0.387 e. The van der Waals surface area contributed by atoms with E-state index in [9.17, 15) is 9.90 Å². The first-order valence-corrected chi connectivity index (χ1v) is 11.9. The van der Waals surface area contributed by atoms with Crippen LogP contribution in [0.4, 0.5) is 0 Å². The Bertz CT molecular complexity index is 609. The first-order chi connectivity index (χ1) is 13.3. The van der Waals surface area contributed by atoms with Gasteiger partial charge in [-0.1, -0.05) is 13.8 Å². The van der Waals surface area contributed by atoms with Gasteiger partial charge in [-0.05, 0) is 106 Å². The Kier molecular flexibility index (Phi) is 5.36. The van der Waals surface area contributed by atoms with Gasteiger partial charge >= 0.3 is 0 Å². The lowest BCUT2D eigenvalue weighted by atomic mass is 9.42. The summed E-state index contributed by atoms with van der Waals surface area (Å²) in [5, 5.41) is 11.2. The zero-order chi connectivity index (χ0) is 20.2. The highest BCUT2D eigenvalue weighted by Crippen LogP contribution is 2.68. The number of carbonyl (C=O) groups excluding carboxylic acids is 1. The van der Waals surface area contributed by atoms with Crippen molar-refractivity contribution in [3.05, 3.63) is 0 Å². The summed E-state index contributed by atoms with van der Waals surface area (Å²) in [5.74, 6) is 2.81. The number of amides is 1. The van der Waals surface area contributed by atoms with Gasteiger partial charge in [-0.25, -0.2) is 0 Å². The van der Waals surface area contributed by atoms with E-state index < -0.39 is 5.60 Å². The molecule has 160 valence electrons. The lowest BCUT2D eigenvalue weighted by molar-refractivity contribution is -0.173. The van der Waals surface area contributed by atoms with Gasteiger partial charge in [0.25, 0.3) is 0 Å². The van der Waals surface area contributed by atoms with Gasteiger partial charge in [-0.3, -0.25) is 4.79 Å². The molecule has 4 fully saturated rings. The number of hydrogen-bond donors (Lipinski definition) is 2. The van der Waals surface area contributed by atoms with Gasteiger partial charge in [0, 0.05) is 12.5 Å². The monoisotopic (exact) mass is 391 g/mol. The molecule has 4 heteroatoms. The molecule has 0 saturated heterocycles. The normalized spacial score (nSPS) is 50.5. The average Bonchev–Trinajstić information content (AvgIpc) is 3.03. The molecule has 1 amide bonds. The van der Waals surface area contributed by atoms with E-state index >= 15 is 0 Å². The van der Waals surface area contributed by atoms with Crippen LogP contribution in [0.1, 0.15) is 85.0 Å². The van der Waals surface area contributed by atoms with Gasteiger partial charge in [-0.15, -0.1) is 0 Å². The molecule has 28 heavy (non-hydrogen) atoms. The van der Waals surface area contributed by atoms with Crippen molar-refractivity contribution in [3.8, 4) is 0 Å². The Morgan fingerprint density at radius 2 is 1.86 bits per heavy atom. The molecule has 4 aliphatic carbocycles. The molecule has 0 radical (unpaired) electrons. The smallest absolute Gasteiger partial charge is 0.221 e. The van der Waals surface area contributed by atoms with Crippen molar-refractivity contribution >= 4 is 5.91 Å². The maximum absolute atomic E-state index is 12.1. The SMILES string of the molecule is CCOCC1(O)CCC2(CC)C(CCC3C4CCC(C(N)=O)C4(C)CCC32)C1. The van der Waals surface area contributed by atoms with Crippen molar-refractivity contribution in [2.45, 2.75) is 90.6 Å². The van der Waals surface area contributed by atoms with Crippen LogP contribution >= 0.6 is 0 Å². The molecule has 4 aliphatic rings. The summed E-state index contributed by atoms with van der Waals surface area (Å²) in [4.78, 5) is 12.1. The average molecular weight is 392 g/mol. The van der Waals surface area contributed by atoms with Crippen LogP contribution in [0.5, 0.6) is 0 Å². The van der Waals surface area contributed by atoms with Crippen LogP contribution in [-0.4, -0.2) is 29.8 Å². The first kappa shape index (κ1) is 20.7. The minimum atomic E-state index is -0.625. The second kappa shape index (κ2) is 7.27. The molecule has 0 aliphatic heterocycles. The molecule has 3 N–H and O–H groups in total. The maximum Gasteiger partial charge on any atom is 0.221 e. The Morgan fingerprint density at radius 3 is 2.54 bits per heavy atom. The fourth-order valence-corrected chi connectivity index (χ4v) is 8.73. The number of rotatable bonds is 5. The predicted molar refractivity (Wildman–Crippen MR) is 110 cm³/mol. The summed E-state index contributed by atoms with van der Waals surface area (Å²) in [5.41, 5.74) is 5.69. The third kappa shape index (κ3) is 2.96. The van der Waals surface area contributed by atoms with Crippen LogP contribution in [0.2, 0.25) is 0 Å². The summed E-state index contributed by atoms with van der Waals surface area (Å²) in [6.45, 7) is 7.93. The Morgan fingerprint density at radius 1 is 1.07 bits per heavy atom. The summed E-state index contributed by atoms with van der Waals surface area (Å²) in [7, 11) is 0. The molecule has 4 saturated carbocycles. The Balaban J connectivity index is 1.57. The van der Waals surface area contributed by atoms with E-state index in [-0.39, 0.29) is 17.2 Å². The number of aliphatic hydroxyl groups is 1. The van der Waals surface area contributed by atoms with E-state index in [1.807, 2.05) is 6.92 Å². The zero-order valence-electron chi connectivity index (χ0n) is 18.2. The van der Waals surface area contributed by atoms with Crippen molar-refractivity contribution in [1.82, 2.24) is 0 Å². The third-order valence-electron chi connectivity index (χ3n) is 10.1. The van der Waals surface area contributed by atoms with Crippen LogP contribution in [0.25, 0.3) is 0 Å². The summed E-state index contributed by atoms with van der Waals surface area (Å²) in [6, 6.07) is 0. The molecule has 0 bridgehead atoms. The Labute approximate surface area is 171 Å². The van der Waals surface area contributed by atoms with Gasteiger partial charge in [-0.2, -0.15) is 0 Å². The van der Waals surface area contributed by atoms with E-state index in [4.69, 9.17) is 10.5 Å². The highest BCUT2D eigenvalue weighted by Gasteiger charge is 2.62. The molecule has 8 unspecified atom stereocenters. The van der Waals surface area contributed by atoms with E-state index in [2.05, 4.69) is 13.8 Å². The number of hydrogen-bond acceptors (Lipinski definition) is 3. The molecule has 0 heterocycles. The van der Waals surface area contributed by atoms with Crippen molar-refractivity contribution in [2.24, 2.45) is 46.2 Å². The van der Waals surface area contributed by atoms with Crippen LogP contribution in [0, 0.1) is 40.4 Å². The maximum atomic E-state index is 12.1. The molecule has 0 aromatic rings. The van der Waals surface area contributed by atoms with Crippen LogP contribution in [-0.2, 0) is 9.53 Å². The number of primary amides is 1. The van der Waals surface area contributed by atoms with Gasteiger partial charge in [0.05, 0.1) is 12.2 Å². The first-order valence-electron chi connectivity index (χ1n) is 11.9. The number of carbonyl (C=O) groups is 1. The van der Waals surface area contributed by atoms with E-state index in [0.717, 1.165) is 43.9 Å². The van der Waals surface area contributed by atoms with Gasteiger partial charge in [0.15, 0.2) is 0 Å². The van der Waals surface area contributed by atoms with Crippen molar-refractivity contribution in [3.63, 3.8) is 0 Å².